The Hall–Kier alpha value is -2.57. The molecule has 2 aliphatic rings. The van der Waals surface area contributed by atoms with Crippen molar-refractivity contribution in [2.75, 3.05) is 13.3 Å². The van der Waals surface area contributed by atoms with Crippen LogP contribution in [0.2, 0.25) is 0 Å². The van der Waals surface area contributed by atoms with Crippen LogP contribution in [-0.2, 0) is 16.0 Å². The molecule has 0 spiro atoms. The van der Waals surface area contributed by atoms with Crippen LogP contribution in [0.25, 0.3) is 0 Å². The summed E-state index contributed by atoms with van der Waals surface area (Å²) in [4.78, 5) is 22.8. The van der Waals surface area contributed by atoms with Gasteiger partial charge >= 0.3 is 0 Å². The number of benzene rings is 1. The minimum absolute atomic E-state index is 0.160. The third kappa shape index (κ3) is 3.13. The van der Waals surface area contributed by atoms with E-state index in [1.165, 1.54) is 0 Å². The summed E-state index contributed by atoms with van der Waals surface area (Å²) in [6, 6.07) is 5.71. The molecular formula is C14H15N3O4. The zero-order valence-electron chi connectivity index (χ0n) is 11.3. The number of nitrogens with zero attached hydrogens (tertiary/aromatic N) is 1. The lowest BCUT2D eigenvalue weighted by Crippen LogP contribution is -2.37. The van der Waals surface area contributed by atoms with Crippen molar-refractivity contribution in [1.29, 1.82) is 0 Å². The number of ether oxygens (including phenoxy) is 2. The number of amides is 2. The highest BCUT2D eigenvalue weighted by Crippen LogP contribution is 2.32. The molecule has 0 fully saturated rings. The van der Waals surface area contributed by atoms with Crippen LogP contribution in [0, 0.1) is 0 Å². The van der Waals surface area contributed by atoms with Crippen molar-refractivity contribution < 1.29 is 19.1 Å². The van der Waals surface area contributed by atoms with Gasteiger partial charge in [-0.3, -0.25) is 9.59 Å². The molecule has 1 aromatic rings. The molecule has 2 heterocycles. The van der Waals surface area contributed by atoms with Gasteiger partial charge < -0.3 is 14.8 Å². The summed E-state index contributed by atoms with van der Waals surface area (Å²) in [6.07, 6.45) is 1.36. The SMILES string of the molecule is O=C1CCC(C(=O)NCCc2ccc3c(c2)OCO3)=NN1. The third-order valence-corrected chi connectivity index (χ3v) is 3.30. The van der Waals surface area contributed by atoms with Gasteiger partial charge in [0.25, 0.3) is 5.91 Å². The molecule has 0 aromatic heterocycles. The first-order valence-corrected chi connectivity index (χ1v) is 6.74. The summed E-state index contributed by atoms with van der Waals surface area (Å²) in [5.41, 5.74) is 3.72. The van der Waals surface area contributed by atoms with Gasteiger partial charge in [-0.05, 0) is 24.1 Å². The van der Waals surface area contributed by atoms with Gasteiger partial charge in [0.05, 0.1) is 0 Å². The fourth-order valence-corrected chi connectivity index (χ4v) is 2.16. The number of hydrogen-bond donors (Lipinski definition) is 2. The van der Waals surface area contributed by atoms with Crippen LogP contribution in [0.3, 0.4) is 0 Å². The lowest BCUT2D eigenvalue weighted by Gasteiger charge is -2.12. The molecule has 0 radical (unpaired) electrons. The van der Waals surface area contributed by atoms with Gasteiger partial charge in [0.15, 0.2) is 11.5 Å². The second-order valence-electron chi connectivity index (χ2n) is 4.79. The molecular weight excluding hydrogens is 274 g/mol. The lowest BCUT2D eigenvalue weighted by molar-refractivity contribution is -0.121. The summed E-state index contributed by atoms with van der Waals surface area (Å²) in [7, 11) is 0. The molecule has 0 bridgehead atoms. The number of rotatable bonds is 4. The van der Waals surface area contributed by atoms with E-state index in [0.717, 1.165) is 17.1 Å². The average Bonchev–Trinajstić information content (AvgIpc) is 2.95. The standard InChI is InChI=1S/C14H15N3O4/c18-13-4-2-10(16-17-13)14(19)15-6-5-9-1-3-11-12(7-9)21-8-20-11/h1,3,7H,2,4-6,8H2,(H,15,19)(H,17,18). The zero-order valence-corrected chi connectivity index (χ0v) is 11.3. The molecule has 3 rings (SSSR count). The summed E-state index contributed by atoms with van der Waals surface area (Å²) in [5, 5.41) is 6.54. The number of hydrazone groups is 1. The molecule has 0 saturated carbocycles. The zero-order chi connectivity index (χ0) is 14.7. The Morgan fingerprint density at radius 1 is 1.29 bits per heavy atom. The van der Waals surface area contributed by atoms with Crippen LogP contribution in [0.4, 0.5) is 0 Å². The summed E-state index contributed by atoms with van der Waals surface area (Å²) >= 11 is 0. The largest absolute Gasteiger partial charge is 0.454 e. The Kier molecular flexibility index (Phi) is 3.72. The van der Waals surface area contributed by atoms with Gasteiger partial charge in [-0.15, -0.1) is 0 Å². The van der Waals surface area contributed by atoms with Gasteiger partial charge in [0.2, 0.25) is 12.7 Å². The van der Waals surface area contributed by atoms with Crippen molar-refractivity contribution in [3.8, 4) is 11.5 Å². The van der Waals surface area contributed by atoms with Gasteiger partial charge in [0.1, 0.15) is 5.71 Å². The Morgan fingerprint density at radius 2 is 2.14 bits per heavy atom. The van der Waals surface area contributed by atoms with E-state index in [0.29, 0.717) is 31.5 Å². The van der Waals surface area contributed by atoms with E-state index in [1.807, 2.05) is 18.2 Å². The highest BCUT2D eigenvalue weighted by molar-refractivity contribution is 6.39. The minimum Gasteiger partial charge on any atom is -0.454 e. The molecule has 110 valence electrons. The van der Waals surface area contributed by atoms with Crippen LogP contribution >= 0.6 is 0 Å². The Labute approximate surface area is 121 Å². The van der Waals surface area contributed by atoms with Gasteiger partial charge in [-0.2, -0.15) is 5.10 Å². The molecule has 2 N–H and O–H groups in total. The number of nitrogens with one attached hydrogen (secondary N) is 2. The van der Waals surface area contributed by atoms with Crippen LogP contribution in [-0.4, -0.2) is 30.9 Å². The van der Waals surface area contributed by atoms with Gasteiger partial charge in [-0.1, -0.05) is 6.07 Å². The smallest absolute Gasteiger partial charge is 0.267 e. The van der Waals surface area contributed by atoms with E-state index in [9.17, 15) is 9.59 Å². The number of carbonyl (C=O) groups is 2. The van der Waals surface area contributed by atoms with Crippen LogP contribution in [0.5, 0.6) is 11.5 Å². The Balaban J connectivity index is 1.50. The van der Waals surface area contributed by atoms with Crippen molar-refractivity contribution in [2.24, 2.45) is 5.10 Å². The van der Waals surface area contributed by atoms with E-state index < -0.39 is 0 Å². The molecule has 7 heteroatoms. The van der Waals surface area contributed by atoms with Gasteiger partial charge in [-0.25, -0.2) is 5.43 Å². The lowest BCUT2D eigenvalue weighted by atomic mass is 10.1. The second-order valence-corrected chi connectivity index (χ2v) is 4.79. The van der Waals surface area contributed by atoms with Crippen molar-refractivity contribution in [3.63, 3.8) is 0 Å². The fraction of sp³-hybridized carbons (Fsp3) is 0.357. The van der Waals surface area contributed by atoms with E-state index in [1.54, 1.807) is 0 Å². The molecule has 2 amide bonds. The van der Waals surface area contributed by atoms with Crippen molar-refractivity contribution in [3.05, 3.63) is 23.8 Å². The molecule has 7 nitrogen and oxygen atoms in total. The molecule has 21 heavy (non-hydrogen) atoms. The number of carbonyl (C=O) groups excluding carboxylic acids is 2. The highest BCUT2D eigenvalue weighted by atomic mass is 16.7. The summed E-state index contributed by atoms with van der Waals surface area (Å²) < 4.78 is 10.5. The van der Waals surface area contributed by atoms with E-state index in [-0.39, 0.29) is 18.6 Å². The van der Waals surface area contributed by atoms with E-state index >= 15 is 0 Å². The molecule has 0 aliphatic carbocycles. The molecule has 0 unspecified atom stereocenters. The molecule has 1 aromatic carbocycles. The van der Waals surface area contributed by atoms with E-state index in [2.05, 4.69) is 15.8 Å². The topological polar surface area (TPSA) is 89.0 Å². The maximum Gasteiger partial charge on any atom is 0.267 e. The van der Waals surface area contributed by atoms with Crippen LogP contribution in [0.1, 0.15) is 18.4 Å². The quantitative estimate of drug-likeness (QED) is 0.836. The van der Waals surface area contributed by atoms with Crippen LogP contribution in [0.15, 0.2) is 23.3 Å². The van der Waals surface area contributed by atoms with Gasteiger partial charge in [0, 0.05) is 19.4 Å². The number of hydrogen-bond acceptors (Lipinski definition) is 5. The molecule has 0 saturated heterocycles. The maximum atomic E-state index is 11.8. The van der Waals surface area contributed by atoms with Crippen molar-refractivity contribution >= 4 is 17.5 Å². The average molecular weight is 289 g/mol. The highest BCUT2D eigenvalue weighted by Gasteiger charge is 2.18. The maximum absolute atomic E-state index is 11.8. The predicted octanol–water partition coefficient (Wildman–Crippen LogP) is 0.340. The first-order chi connectivity index (χ1) is 10.2. The monoisotopic (exact) mass is 289 g/mol. The normalized spacial score (nSPS) is 16.2. The van der Waals surface area contributed by atoms with Crippen molar-refractivity contribution in [2.45, 2.75) is 19.3 Å². The second kappa shape index (κ2) is 5.82. The summed E-state index contributed by atoms with van der Waals surface area (Å²) in [6.45, 7) is 0.743. The third-order valence-electron chi connectivity index (χ3n) is 3.30. The minimum atomic E-state index is -0.240. The Bertz CT molecular complexity index is 612. The van der Waals surface area contributed by atoms with Crippen molar-refractivity contribution in [1.82, 2.24) is 10.7 Å². The predicted molar refractivity (Wildman–Crippen MR) is 74.1 cm³/mol. The first kappa shape index (κ1) is 13.4. The Morgan fingerprint density at radius 3 is 2.95 bits per heavy atom. The molecule has 0 atom stereocenters. The fourth-order valence-electron chi connectivity index (χ4n) is 2.16. The summed E-state index contributed by atoms with van der Waals surface area (Å²) in [5.74, 6) is 1.08. The van der Waals surface area contributed by atoms with E-state index in [4.69, 9.17) is 9.47 Å². The van der Waals surface area contributed by atoms with Crippen LogP contribution < -0.4 is 20.2 Å². The number of fused-ring (bicyclic) bond motifs is 1. The first-order valence-electron chi connectivity index (χ1n) is 6.74. The molecule has 2 aliphatic heterocycles.